The van der Waals surface area contributed by atoms with Gasteiger partial charge in [-0.15, -0.1) is 0 Å². The maximum Gasteiger partial charge on any atom is 0.234 e. The van der Waals surface area contributed by atoms with Gasteiger partial charge >= 0.3 is 0 Å². The molecule has 1 unspecified atom stereocenters. The van der Waals surface area contributed by atoms with Crippen molar-refractivity contribution >= 4 is 17.7 Å². The zero-order valence-corrected chi connectivity index (χ0v) is 15.5. The molecule has 2 aliphatic carbocycles. The van der Waals surface area contributed by atoms with Crippen LogP contribution in [0.15, 0.2) is 0 Å². The van der Waals surface area contributed by atoms with Crippen LogP contribution in [-0.4, -0.2) is 84.3 Å². The lowest BCUT2D eigenvalue weighted by molar-refractivity contribution is -0.142. The number of rotatable bonds is 5. The van der Waals surface area contributed by atoms with Gasteiger partial charge in [-0.1, -0.05) is 0 Å². The fraction of sp³-hybridized carbons (Fsp3) is 0.842. The SMILES string of the molecule is O=C(CN1CCN(C(=O)C2CCCN(C(=O)C3CC3)C2)CC1)NC1CC1. The van der Waals surface area contributed by atoms with Crippen molar-refractivity contribution in [1.82, 2.24) is 20.0 Å². The van der Waals surface area contributed by atoms with Crippen LogP contribution in [0.5, 0.6) is 0 Å². The molecule has 7 heteroatoms. The third-order valence-electron chi connectivity index (χ3n) is 6.00. The molecule has 1 N–H and O–H groups in total. The quantitative estimate of drug-likeness (QED) is 0.751. The predicted molar refractivity (Wildman–Crippen MR) is 96.2 cm³/mol. The normalized spacial score (nSPS) is 27.3. The van der Waals surface area contributed by atoms with Gasteiger partial charge in [-0.05, 0) is 38.5 Å². The molecule has 0 aromatic heterocycles. The van der Waals surface area contributed by atoms with Gasteiger partial charge in [0, 0.05) is 51.2 Å². The minimum Gasteiger partial charge on any atom is -0.352 e. The molecule has 26 heavy (non-hydrogen) atoms. The number of amides is 3. The van der Waals surface area contributed by atoms with E-state index >= 15 is 0 Å². The molecule has 0 aromatic carbocycles. The predicted octanol–water partition coefficient (Wildman–Crippen LogP) is 0.0578. The first-order valence-corrected chi connectivity index (χ1v) is 10.2. The summed E-state index contributed by atoms with van der Waals surface area (Å²) in [6.07, 6.45) is 6.06. The summed E-state index contributed by atoms with van der Waals surface area (Å²) < 4.78 is 0. The van der Waals surface area contributed by atoms with Crippen LogP contribution in [0.3, 0.4) is 0 Å². The minimum absolute atomic E-state index is 0.0452. The van der Waals surface area contributed by atoms with Gasteiger partial charge in [0.2, 0.25) is 17.7 Å². The number of piperidine rings is 1. The lowest BCUT2D eigenvalue weighted by Gasteiger charge is -2.39. The van der Waals surface area contributed by atoms with E-state index < -0.39 is 0 Å². The van der Waals surface area contributed by atoms with E-state index in [1.54, 1.807) is 0 Å². The van der Waals surface area contributed by atoms with Gasteiger partial charge in [-0.3, -0.25) is 19.3 Å². The van der Waals surface area contributed by atoms with Crippen molar-refractivity contribution in [3.05, 3.63) is 0 Å². The molecule has 144 valence electrons. The Balaban J connectivity index is 1.22. The van der Waals surface area contributed by atoms with Crippen LogP contribution < -0.4 is 5.32 Å². The number of carbonyl (C=O) groups excluding carboxylic acids is 3. The first-order chi connectivity index (χ1) is 12.6. The van der Waals surface area contributed by atoms with E-state index in [-0.39, 0.29) is 29.6 Å². The number of hydrogen-bond donors (Lipinski definition) is 1. The summed E-state index contributed by atoms with van der Waals surface area (Å²) in [5, 5.41) is 3.02. The van der Waals surface area contributed by atoms with Gasteiger partial charge in [-0.2, -0.15) is 0 Å². The smallest absolute Gasteiger partial charge is 0.234 e. The highest BCUT2D eigenvalue weighted by atomic mass is 16.2. The molecule has 0 radical (unpaired) electrons. The second-order valence-corrected chi connectivity index (χ2v) is 8.34. The van der Waals surface area contributed by atoms with E-state index in [0.29, 0.717) is 32.2 Å². The zero-order chi connectivity index (χ0) is 18.1. The van der Waals surface area contributed by atoms with E-state index in [4.69, 9.17) is 0 Å². The van der Waals surface area contributed by atoms with Crippen molar-refractivity contribution in [3.63, 3.8) is 0 Å². The Morgan fingerprint density at radius 2 is 1.46 bits per heavy atom. The molecule has 0 spiro atoms. The average Bonchev–Trinajstić information content (AvgIpc) is 3.55. The van der Waals surface area contributed by atoms with Crippen molar-refractivity contribution in [2.24, 2.45) is 11.8 Å². The number of piperazine rings is 1. The third kappa shape index (κ3) is 4.37. The van der Waals surface area contributed by atoms with E-state index in [9.17, 15) is 14.4 Å². The molecule has 7 nitrogen and oxygen atoms in total. The maximum atomic E-state index is 12.9. The average molecular weight is 362 g/mol. The molecule has 2 heterocycles. The topological polar surface area (TPSA) is 73.0 Å². The van der Waals surface area contributed by atoms with E-state index in [0.717, 1.165) is 58.2 Å². The second kappa shape index (κ2) is 7.55. The number of nitrogens with zero attached hydrogens (tertiary/aromatic N) is 3. The van der Waals surface area contributed by atoms with Crippen molar-refractivity contribution < 1.29 is 14.4 Å². The summed E-state index contributed by atoms with van der Waals surface area (Å²) in [6, 6.07) is 0.401. The molecular weight excluding hydrogens is 332 g/mol. The van der Waals surface area contributed by atoms with Crippen molar-refractivity contribution in [3.8, 4) is 0 Å². The first kappa shape index (κ1) is 17.8. The molecule has 2 aliphatic heterocycles. The van der Waals surface area contributed by atoms with E-state index in [1.807, 2.05) is 9.80 Å². The molecule has 4 fully saturated rings. The molecule has 2 saturated heterocycles. The molecule has 2 saturated carbocycles. The highest BCUT2D eigenvalue weighted by Gasteiger charge is 2.38. The van der Waals surface area contributed by atoms with Crippen LogP contribution in [0, 0.1) is 11.8 Å². The first-order valence-electron chi connectivity index (χ1n) is 10.2. The Hall–Kier alpha value is -1.63. The summed E-state index contributed by atoms with van der Waals surface area (Å²) in [5.41, 5.74) is 0. The van der Waals surface area contributed by atoms with Gasteiger partial charge < -0.3 is 15.1 Å². The Bertz CT molecular complexity index is 565. The maximum absolute atomic E-state index is 12.9. The lowest BCUT2D eigenvalue weighted by Crippen LogP contribution is -2.54. The lowest BCUT2D eigenvalue weighted by atomic mass is 9.95. The molecule has 0 aromatic rings. The summed E-state index contributed by atoms with van der Waals surface area (Å²) in [6.45, 7) is 4.71. The number of carbonyl (C=O) groups is 3. The number of likely N-dealkylation sites (tertiary alicyclic amines) is 1. The van der Waals surface area contributed by atoms with E-state index in [1.165, 1.54) is 0 Å². The summed E-state index contributed by atoms with van der Waals surface area (Å²) in [4.78, 5) is 43.1. The standard InChI is InChI=1S/C19H30N4O3/c24-17(20-16-5-6-16)13-21-8-10-22(11-9-21)19(26)15-2-1-7-23(12-15)18(25)14-3-4-14/h14-16H,1-13H2,(H,20,24). The molecule has 3 amide bonds. The van der Waals surface area contributed by atoms with Gasteiger partial charge in [-0.25, -0.2) is 0 Å². The van der Waals surface area contributed by atoms with Crippen LogP contribution in [0.1, 0.15) is 38.5 Å². The van der Waals surface area contributed by atoms with Crippen LogP contribution in [-0.2, 0) is 14.4 Å². The van der Waals surface area contributed by atoms with Crippen LogP contribution >= 0.6 is 0 Å². The Labute approximate surface area is 155 Å². The summed E-state index contributed by atoms with van der Waals surface area (Å²) in [5.74, 6) is 0.744. The fourth-order valence-corrected chi connectivity index (χ4v) is 4.06. The van der Waals surface area contributed by atoms with E-state index in [2.05, 4.69) is 10.2 Å². The molecular formula is C19H30N4O3. The monoisotopic (exact) mass is 362 g/mol. The largest absolute Gasteiger partial charge is 0.352 e. The fourth-order valence-electron chi connectivity index (χ4n) is 4.06. The van der Waals surface area contributed by atoms with Crippen molar-refractivity contribution in [2.45, 2.75) is 44.6 Å². The highest BCUT2D eigenvalue weighted by Crippen LogP contribution is 2.32. The van der Waals surface area contributed by atoms with Crippen LogP contribution in [0.2, 0.25) is 0 Å². The Morgan fingerprint density at radius 1 is 0.769 bits per heavy atom. The third-order valence-corrected chi connectivity index (χ3v) is 6.00. The number of hydrogen-bond acceptors (Lipinski definition) is 4. The highest BCUT2D eigenvalue weighted by molar-refractivity contribution is 5.83. The Kier molecular flexibility index (Phi) is 5.16. The zero-order valence-electron chi connectivity index (χ0n) is 15.5. The van der Waals surface area contributed by atoms with Crippen LogP contribution in [0.4, 0.5) is 0 Å². The van der Waals surface area contributed by atoms with Gasteiger partial charge in [0.25, 0.3) is 0 Å². The van der Waals surface area contributed by atoms with Crippen molar-refractivity contribution in [2.75, 3.05) is 45.8 Å². The molecule has 0 bridgehead atoms. The molecule has 4 aliphatic rings. The van der Waals surface area contributed by atoms with Crippen LogP contribution in [0.25, 0.3) is 0 Å². The Morgan fingerprint density at radius 3 is 2.12 bits per heavy atom. The van der Waals surface area contributed by atoms with Crippen molar-refractivity contribution in [1.29, 1.82) is 0 Å². The second-order valence-electron chi connectivity index (χ2n) is 8.34. The van der Waals surface area contributed by atoms with Gasteiger partial charge in [0.1, 0.15) is 0 Å². The van der Waals surface area contributed by atoms with Gasteiger partial charge in [0.15, 0.2) is 0 Å². The van der Waals surface area contributed by atoms with Gasteiger partial charge in [0.05, 0.1) is 12.5 Å². The number of nitrogens with one attached hydrogen (secondary N) is 1. The summed E-state index contributed by atoms with van der Waals surface area (Å²) >= 11 is 0. The summed E-state index contributed by atoms with van der Waals surface area (Å²) in [7, 11) is 0. The molecule has 4 rings (SSSR count). The minimum atomic E-state index is -0.0452. The molecule has 1 atom stereocenters.